The standard InChI is InChI=1S/C40H59N2O2.HI/c1-6-8-9-10-11-12-13-14-15-16-17-21-29-44-38-27-26-34(30-37(38)40(3,4)5)32-42(39(43)36-24-19-18-20-25-36)33-35-23-22-28-41(7-2)31-35;/h18-20,22-28,30-31H,6-17,21,29,32-33H2,1-5H3;1H/q+1;/p-1. The van der Waals surface area contributed by atoms with Crippen LogP contribution in [0.25, 0.3) is 0 Å². The van der Waals surface area contributed by atoms with Gasteiger partial charge in [-0.1, -0.05) is 123 Å². The second-order valence-electron chi connectivity index (χ2n) is 13.4. The van der Waals surface area contributed by atoms with Gasteiger partial charge < -0.3 is 33.6 Å². The van der Waals surface area contributed by atoms with Gasteiger partial charge in [-0.05, 0) is 60.2 Å². The summed E-state index contributed by atoms with van der Waals surface area (Å²) in [5.41, 5.74) is 4.09. The van der Waals surface area contributed by atoms with Crippen molar-refractivity contribution >= 4 is 5.91 Å². The van der Waals surface area contributed by atoms with Crippen molar-refractivity contribution in [1.82, 2.24) is 4.90 Å². The van der Waals surface area contributed by atoms with Gasteiger partial charge in [-0.3, -0.25) is 4.79 Å². The average molecular weight is 727 g/mol. The molecule has 0 aliphatic rings. The summed E-state index contributed by atoms with van der Waals surface area (Å²) < 4.78 is 8.52. The van der Waals surface area contributed by atoms with Crippen LogP contribution in [0.5, 0.6) is 5.75 Å². The van der Waals surface area contributed by atoms with E-state index in [1.54, 1.807) is 0 Å². The van der Waals surface area contributed by atoms with Gasteiger partial charge in [0.25, 0.3) is 5.91 Å². The quantitative estimate of drug-likeness (QED) is 0.0701. The van der Waals surface area contributed by atoms with Crippen LogP contribution in [-0.2, 0) is 25.0 Å². The number of aromatic nitrogens is 1. The first-order chi connectivity index (χ1) is 21.3. The lowest BCUT2D eigenvalue weighted by Crippen LogP contribution is -3.00. The number of hydrogen-bond donors (Lipinski definition) is 0. The summed E-state index contributed by atoms with van der Waals surface area (Å²) in [6, 6.07) is 20.3. The first-order valence-corrected chi connectivity index (χ1v) is 17.4. The molecule has 0 aliphatic heterocycles. The predicted octanol–water partition coefficient (Wildman–Crippen LogP) is 7.22. The van der Waals surface area contributed by atoms with E-state index in [1.165, 1.54) is 76.2 Å². The number of carbonyl (C=O) groups excluding carboxylic acids is 1. The smallest absolute Gasteiger partial charge is 0.254 e. The minimum Gasteiger partial charge on any atom is -1.00 e. The van der Waals surface area contributed by atoms with Crippen molar-refractivity contribution in [2.75, 3.05) is 6.61 Å². The van der Waals surface area contributed by atoms with E-state index in [9.17, 15) is 4.79 Å². The van der Waals surface area contributed by atoms with Crippen LogP contribution >= 0.6 is 0 Å². The molecule has 0 radical (unpaired) electrons. The molecule has 0 N–H and O–H groups in total. The summed E-state index contributed by atoms with van der Waals surface area (Å²) in [4.78, 5) is 15.7. The third-order valence-electron chi connectivity index (χ3n) is 8.45. The Kier molecular flexibility index (Phi) is 18.4. The summed E-state index contributed by atoms with van der Waals surface area (Å²) in [7, 11) is 0. The zero-order valence-electron chi connectivity index (χ0n) is 28.8. The lowest BCUT2D eigenvalue weighted by atomic mass is 9.85. The minimum absolute atomic E-state index is 0. The van der Waals surface area contributed by atoms with Gasteiger partial charge in [0.1, 0.15) is 12.3 Å². The molecular weight excluding hydrogens is 667 g/mol. The van der Waals surface area contributed by atoms with Crippen molar-refractivity contribution in [1.29, 1.82) is 0 Å². The third-order valence-corrected chi connectivity index (χ3v) is 8.45. The van der Waals surface area contributed by atoms with Gasteiger partial charge in [0.15, 0.2) is 12.4 Å². The summed E-state index contributed by atoms with van der Waals surface area (Å²) in [6.45, 7) is 13.9. The molecule has 1 aromatic heterocycles. The Morgan fingerprint density at radius 2 is 1.33 bits per heavy atom. The maximum Gasteiger partial charge on any atom is 0.254 e. The molecular formula is C40H59IN2O2. The topological polar surface area (TPSA) is 33.4 Å². The van der Waals surface area contributed by atoms with E-state index in [2.05, 4.69) is 81.9 Å². The van der Waals surface area contributed by atoms with E-state index in [4.69, 9.17) is 4.74 Å². The summed E-state index contributed by atoms with van der Waals surface area (Å²) in [5.74, 6) is 1.01. The number of rotatable bonds is 20. The van der Waals surface area contributed by atoms with Crippen molar-refractivity contribution in [3.05, 3.63) is 95.3 Å². The van der Waals surface area contributed by atoms with Crippen molar-refractivity contribution in [2.45, 2.75) is 137 Å². The zero-order valence-corrected chi connectivity index (χ0v) is 31.0. The van der Waals surface area contributed by atoms with Gasteiger partial charge in [-0.15, -0.1) is 0 Å². The number of nitrogens with zero attached hydrogens (tertiary/aromatic N) is 2. The third kappa shape index (κ3) is 14.3. The first-order valence-electron chi connectivity index (χ1n) is 17.4. The van der Waals surface area contributed by atoms with Gasteiger partial charge in [-0.25, -0.2) is 4.57 Å². The predicted molar refractivity (Wildman–Crippen MR) is 184 cm³/mol. The molecule has 45 heavy (non-hydrogen) atoms. The van der Waals surface area contributed by atoms with E-state index in [0.717, 1.165) is 36.4 Å². The molecule has 2 aromatic carbocycles. The second kappa shape index (κ2) is 21.4. The number of pyridine rings is 1. The molecule has 248 valence electrons. The number of amides is 1. The SMILES string of the molecule is CCCCCCCCCCCCCCOc1ccc(CN(Cc2ccc[n+](CC)c2)C(=O)c2ccccc2)cc1C(C)(C)C.[I-]. The molecule has 4 nitrogen and oxygen atoms in total. The van der Waals surface area contributed by atoms with Crippen LogP contribution in [0.4, 0.5) is 0 Å². The minimum atomic E-state index is -0.0672. The van der Waals surface area contributed by atoms with Gasteiger partial charge in [-0.2, -0.15) is 0 Å². The molecule has 0 spiro atoms. The number of benzene rings is 2. The lowest BCUT2D eigenvalue weighted by Gasteiger charge is -2.26. The van der Waals surface area contributed by atoms with Crippen LogP contribution < -0.4 is 33.3 Å². The van der Waals surface area contributed by atoms with Crippen LogP contribution in [0.3, 0.4) is 0 Å². The van der Waals surface area contributed by atoms with Gasteiger partial charge >= 0.3 is 0 Å². The Hall–Kier alpha value is -2.41. The highest BCUT2D eigenvalue weighted by molar-refractivity contribution is 5.94. The van der Waals surface area contributed by atoms with Gasteiger partial charge in [0.05, 0.1) is 13.2 Å². The Morgan fingerprint density at radius 1 is 0.733 bits per heavy atom. The van der Waals surface area contributed by atoms with Crippen molar-refractivity contribution in [2.24, 2.45) is 0 Å². The van der Waals surface area contributed by atoms with Crippen molar-refractivity contribution < 1.29 is 38.1 Å². The molecule has 0 bridgehead atoms. The van der Waals surface area contributed by atoms with Crippen LogP contribution in [0, 0.1) is 0 Å². The molecule has 3 aromatic rings. The number of hydrogen-bond acceptors (Lipinski definition) is 2. The Labute approximate surface area is 292 Å². The molecule has 1 amide bonds. The largest absolute Gasteiger partial charge is 1.00 e. The van der Waals surface area contributed by atoms with E-state index in [-0.39, 0.29) is 35.3 Å². The zero-order chi connectivity index (χ0) is 31.6. The Balaban J connectivity index is 0.00000705. The summed E-state index contributed by atoms with van der Waals surface area (Å²) in [6.07, 6.45) is 20.3. The van der Waals surface area contributed by atoms with Crippen LogP contribution in [0.2, 0.25) is 0 Å². The van der Waals surface area contributed by atoms with Gasteiger partial charge in [0.2, 0.25) is 0 Å². The van der Waals surface area contributed by atoms with E-state index in [1.807, 2.05) is 35.2 Å². The number of aryl methyl sites for hydroxylation is 1. The van der Waals surface area contributed by atoms with E-state index >= 15 is 0 Å². The summed E-state index contributed by atoms with van der Waals surface area (Å²) in [5, 5.41) is 0. The monoisotopic (exact) mass is 726 g/mol. The normalized spacial score (nSPS) is 11.2. The molecule has 0 unspecified atom stereocenters. The Bertz CT molecular complexity index is 1240. The molecule has 0 aliphatic carbocycles. The lowest BCUT2D eigenvalue weighted by molar-refractivity contribution is -0.694. The number of unbranched alkanes of at least 4 members (excludes halogenated alkanes) is 11. The highest BCUT2D eigenvalue weighted by Gasteiger charge is 2.22. The maximum atomic E-state index is 13.7. The summed E-state index contributed by atoms with van der Waals surface area (Å²) >= 11 is 0. The van der Waals surface area contributed by atoms with Crippen LogP contribution in [0.1, 0.15) is 139 Å². The molecule has 0 saturated carbocycles. The molecule has 3 rings (SSSR count). The van der Waals surface area contributed by atoms with E-state index in [0.29, 0.717) is 18.7 Å². The van der Waals surface area contributed by atoms with Crippen LogP contribution in [-0.4, -0.2) is 17.4 Å². The van der Waals surface area contributed by atoms with Crippen molar-refractivity contribution in [3.8, 4) is 5.75 Å². The van der Waals surface area contributed by atoms with Gasteiger partial charge in [0, 0.05) is 23.7 Å². The Morgan fingerprint density at radius 3 is 1.93 bits per heavy atom. The number of carbonyl (C=O) groups is 1. The highest BCUT2D eigenvalue weighted by atomic mass is 127. The fraction of sp³-hybridized carbons (Fsp3) is 0.550. The molecule has 0 saturated heterocycles. The number of ether oxygens (including phenoxy) is 1. The van der Waals surface area contributed by atoms with Crippen LogP contribution in [0.15, 0.2) is 73.1 Å². The second-order valence-corrected chi connectivity index (χ2v) is 13.4. The van der Waals surface area contributed by atoms with E-state index < -0.39 is 0 Å². The molecule has 0 atom stereocenters. The molecule has 1 heterocycles. The highest BCUT2D eigenvalue weighted by Crippen LogP contribution is 2.33. The van der Waals surface area contributed by atoms with Crippen molar-refractivity contribution in [3.63, 3.8) is 0 Å². The fourth-order valence-electron chi connectivity index (χ4n) is 5.78. The molecule has 5 heteroatoms. The molecule has 0 fully saturated rings. The average Bonchev–Trinajstić information content (AvgIpc) is 3.03. The fourth-order valence-corrected chi connectivity index (χ4v) is 5.78. The first kappa shape index (κ1) is 38.8. The maximum absolute atomic E-state index is 13.7. The number of halogens is 1.